The number of methoxy groups -OCH3 is 1. The molecule has 1 aliphatic heterocycles. The molecule has 0 aliphatic carbocycles. The number of nitro groups is 1. The molecule has 10 nitrogen and oxygen atoms in total. The first-order chi connectivity index (χ1) is 15.0. The van der Waals surface area contributed by atoms with Crippen LogP contribution in [0.25, 0.3) is 5.69 Å². The van der Waals surface area contributed by atoms with E-state index < -0.39 is 4.92 Å². The third kappa shape index (κ3) is 4.04. The Bertz CT molecular complexity index is 1110. The summed E-state index contributed by atoms with van der Waals surface area (Å²) < 4.78 is 8.27. The quantitative estimate of drug-likeness (QED) is 0.354. The van der Waals surface area contributed by atoms with Crippen molar-refractivity contribution in [3.63, 3.8) is 0 Å². The highest BCUT2D eigenvalue weighted by molar-refractivity contribution is 5.92. The topological polar surface area (TPSA) is 112 Å². The zero-order valence-electron chi connectivity index (χ0n) is 16.9. The third-order valence-corrected chi connectivity index (χ3v) is 5.45. The number of hydrogen-bond acceptors (Lipinski definition) is 6. The summed E-state index contributed by atoms with van der Waals surface area (Å²) in [5.41, 5.74) is 1.45. The number of carbonyl (C=O) groups excluding carboxylic acids is 2. The number of non-ortho nitro benzene ring substituents is 1. The molecule has 31 heavy (non-hydrogen) atoms. The van der Waals surface area contributed by atoms with Gasteiger partial charge >= 0.3 is 5.97 Å². The Morgan fingerprint density at radius 1 is 1.10 bits per heavy atom. The predicted molar refractivity (Wildman–Crippen MR) is 110 cm³/mol. The molecule has 0 N–H and O–H groups in total. The van der Waals surface area contributed by atoms with Gasteiger partial charge in [-0.05, 0) is 43.2 Å². The number of aromatic nitrogens is 3. The zero-order chi connectivity index (χ0) is 22.0. The van der Waals surface area contributed by atoms with Crippen molar-refractivity contribution in [3.8, 4) is 5.69 Å². The molecule has 10 heteroatoms. The van der Waals surface area contributed by atoms with E-state index in [9.17, 15) is 19.7 Å². The molecule has 3 heterocycles. The van der Waals surface area contributed by atoms with Crippen molar-refractivity contribution in [2.24, 2.45) is 0 Å². The highest BCUT2D eigenvalue weighted by Crippen LogP contribution is 2.26. The van der Waals surface area contributed by atoms with Gasteiger partial charge in [-0.3, -0.25) is 14.9 Å². The third-order valence-electron chi connectivity index (χ3n) is 5.45. The minimum Gasteiger partial charge on any atom is -0.464 e. The summed E-state index contributed by atoms with van der Waals surface area (Å²) in [5.74, 6) is -0.542. The van der Waals surface area contributed by atoms with Gasteiger partial charge in [0.25, 0.3) is 11.6 Å². The number of hydrogen-bond donors (Lipinski definition) is 0. The normalized spacial score (nSPS) is 14.4. The highest BCUT2D eigenvalue weighted by Gasteiger charge is 2.27. The standard InChI is InChI=1S/C21H21N5O5/c1-31-21(28)19-3-2-11-24(19)15-8-12-23(13-9-15)20(27)18-10-14-25(22-18)16-4-6-17(7-5-16)26(29)30/h2-7,10-11,14-15H,8-9,12-13H2,1H3. The minimum absolute atomic E-state index is 0.00637. The van der Waals surface area contributed by atoms with E-state index >= 15 is 0 Å². The molecule has 0 saturated carbocycles. The van der Waals surface area contributed by atoms with Gasteiger partial charge in [0.1, 0.15) is 5.69 Å². The molecular formula is C21H21N5O5. The van der Waals surface area contributed by atoms with Gasteiger partial charge in [0, 0.05) is 43.7 Å². The van der Waals surface area contributed by atoms with E-state index in [1.54, 1.807) is 35.4 Å². The van der Waals surface area contributed by atoms with Crippen molar-refractivity contribution in [3.05, 3.63) is 76.4 Å². The Balaban J connectivity index is 1.41. The summed E-state index contributed by atoms with van der Waals surface area (Å²) in [6, 6.07) is 11.3. The minimum atomic E-state index is -0.465. The smallest absolute Gasteiger partial charge is 0.354 e. The Labute approximate surface area is 177 Å². The number of amides is 1. The van der Waals surface area contributed by atoms with E-state index in [0.29, 0.717) is 43.0 Å². The van der Waals surface area contributed by atoms with E-state index in [4.69, 9.17) is 4.74 Å². The maximum atomic E-state index is 12.9. The first kappa shape index (κ1) is 20.3. The van der Waals surface area contributed by atoms with Crippen molar-refractivity contribution >= 4 is 17.6 Å². The summed E-state index contributed by atoms with van der Waals surface area (Å²) in [5, 5.41) is 15.1. The van der Waals surface area contributed by atoms with Gasteiger partial charge in [0.2, 0.25) is 0 Å². The van der Waals surface area contributed by atoms with Gasteiger partial charge < -0.3 is 14.2 Å². The van der Waals surface area contributed by atoms with Crippen LogP contribution in [0.15, 0.2) is 54.9 Å². The second-order valence-corrected chi connectivity index (χ2v) is 7.23. The van der Waals surface area contributed by atoms with Gasteiger partial charge in [-0.25, -0.2) is 9.48 Å². The first-order valence-corrected chi connectivity index (χ1v) is 9.83. The van der Waals surface area contributed by atoms with Crippen LogP contribution in [0.4, 0.5) is 5.69 Å². The maximum Gasteiger partial charge on any atom is 0.354 e. The number of likely N-dealkylation sites (tertiary alicyclic amines) is 1. The molecule has 0 atom stereocenters. The van der Waals surface area contributed by atoms with E-state index in [2.05, 4.69) is 5.10 Å². The van der Waals surface area contributed by atoms with Crippen LogP contribution >= 0.6 is 0 Å². The fraction of sp³-hybridized carbons (Fsp3) is 0.286. The number of rotatable bonds is 5. The Kier molecular flexibility index (Phi) is 5.52. The molecule has 1 aliphatic rings. The van der Waals surface area contributed by atoms with E-state index in [1.807, 2.05) is 16.8 Å². The van der Waals surface area contributed by atoms with Gasteiger partial charge in [0.15, 0.2) is 5.69 Å². The fourth-order valence-corrected chi connectivity index (χ4v) is 3.81. The van der Waals surface area contributed by atoms with Crippen LogP contribution < -0.4 is 0 Å². The Hall–Kier alpha value is -3.95. The van der Waals surface area contributed by atoms with E-state index in [0.717, 1.165) is 0 Å². The van der Waals surface area contributed by atoms with Gasteiger partial charge in [-0.15, -0.1) is 0 Å². The summed E-state index contributed by atoms with van der Waals surface area (Å²) in [4.78, 5) is 36.9. The van der Waals surface area contributed by atoms with Crippen molar-refractivity contribution in [2.75, 3.05) is 20.2 Å². The predicted octanol–water partition coefficient (Wildman–Crippen LogP) is 2.85. The highest BCUT2D eigenvalue weighted by atomic mass is 16.6. The van der Waals surface area contributed by atoms with E-state index in [1.165, 1.54) is 23.9 Å². The molecule has 2 aromatic heterocycles. The second-order valence-electron chi connectivity index (χ2n) is 7.23. The molecule has 0 unspecified atom stereocenters. The Morgan fingerprint density at radius 3 is 2.45 bits per heavy atom. The number of carbonyl (C=O) groups is 2. The monoisotopic (exact) mass is 423 g/mol. The summed E-state index contributed by atoms with van der Waals surface area (Å²) in [7, 11) is 1.36. The molecular weight excluding hydrogens is 402 g/mol. The molecule has 1 fully saturated rings. The zero-order valence-corrected chi connectivity index (χ0v) is 16.9. The van der Waals surface area contributed by atoms with Crippen LogP contribution in [0.2, 0.25) is 0 Å². The van der Waals surface area contributed by atoms with Crippen molar-refractivity contribution in [1.29, 1.82) is 0 Å². The Morgan fingerprint density at radius 2 is 1.81 bits per heavy atom. The first-order valence-electron chi connectivity index (χ1n) is 9.83. The second kappa shape index (κ2) is 8.42. The molecule has 4 rings (SSSR count). The molecule has 0 radical (unpaired) electrons. The lowest BCUT2D eigenvalue weighted by Crippen LogP contribution is -2.39. The average molecular weight is 423 g/mol. The molecule has 1 aromatic carbocycles. The number of nitrogens with zero attached hydrogens (tertiary/aromatic N) is 5. The number of nitro benzene ring substituents is 1. The molecule has 160 valence electrons. The largest absolute Gasteiger partial charge is 0.464 e. The van der Waals surface area contributed by atoms with Crippen molar-refractivity contribution in [2.45, 2.75) is 18.9 Å². The molecule has 3 aromatic rings. The number of ether oxygens (including phenoxy) is 1. The average Bonchev–Trinajstić information content (AvgIpc) is 3.48. The summed E-state index contributed by atoms with van der Waals surface area (Å²) in [6.07, 6.45) is 4.95. The van der Waals surface area contributed by atoms with Crippen molar-refractivity contribution < 1.29 is 19.2 Å². The van der Waals surface area contributed by atoms with Crippen LogP contribution in [0.5, 0.6) is 0 Å². The summed E-state index contributed by atoms with van der Waals surface area (Å²) in [6.45, 7) is 1.10. The van der Waals surface area contributed by atoms with Gasteiger partial charge in [-0.2, -0.15) is 5.10 Å². The maximum absolute atomic E-state index is 12.9. The van der Waals surface area contributed by atoms with Crippen LogP contribution in [0.3, 0.4) is 0 Å². The molecule has 1 saturated heterocycles. The van der Waals surface area contributed by atoms with Crippen LogP contribution in [-0.4, -0.2) is 56.2 Å². The lowest BCUT2D eigenvalue weighted by Gasteiger charge is -2.33. The fourth-order valence-electron chi connectivity index (χ4n) is 3.81. The molecule has 0 spiro atoms. The SMILES string of the molecule is COC(=O)c1cccn1C1CCN(C(=O)c2ccn(-c3ccc([N+](=O)[O-])cc3)n2)CC1. The van der Waals surface area contributed by atoms with Crippen LogP contribution in [0.1, 0.15) is 39.9 Å². The lowest BCUT2D eigenvalue weighted by molar-refractivity contribution is -0.384. The van der Waals surface area contributed by atoms with Crippen molar-refractivity contribution in [1.82, 2.24) is 19.2 Å². The van der Waals surface area contributed by atoms with E-state index in [-0.39, 0.29) is 23.6 Å². The van der Waals surface area contributed by atoms with Gasteiger partial charge in [-0.1, -0.05) is 0 Å². The number of piperidine rings is 1. The lowest BCUT2D eigenvalue weighted by atomic mass is 10.0. The van der Waals surface area contributed by atoms with Gasteiger partial charge in [0.05, 0.1) is 17.7 Å². The molecule has 0 bridgehead atoms. The summed E-state index contributed by atoms with van der Waals surface area (Å²) >= 11 is 0. The van der Waals surface area contributed by atoms with Crippen LogP contribution in [0, 0.1) is 10.1 Å². The van der Waals surface area contributed by atoms with Crippen LogP contribution in [-0.2, 0) is 4.74 Å². The number of benzene rings is 1. The molecule has 1 amide bonds. The number of esters is 1.